The van der Waals surface area contributed by atoms with Gasteiger partial charge < -0.3 is 10.3 Å². The van der Waals surface area contributed by atoms with E-state index >= 15 is 0 Å². The second-order valence-electron chi connectivity index (χ2n) is 6.33. The van der Waals surface area contributed by atoms with Crippen LogP contribution in [0.5, 0.6) is 0 Å². The van der Waals surface area contributed by atoms with Crippen LogP contribution in [0.25, 0.3) is 11.0 Å². The van der Waals surface area contributed by atoms with Crippen LogP contribution in [-0.2, 0) is 22.8 Å². The highest BCUT2D eigenvalue weighted by Gasteiger charge is 2.25. The summed E-state index contributed by atoms with van der Waals surface area (Å²) in [4.78, 5) is 8.88. The molecule has 1 aliphatic carbocycles. The summed E-state index contributed by atoms with van der Waals surface area (Å²) in [6.45, 7) is 2.64. The average molecular weight is 322 g/mol. The van der Waals surface area contributed by atoms with Gasteiger partial charge in [0.15, 0.2) is 5.82 Å². The Labute approximate surface area is 130 Å². The van der Waals surface area contributed by atoms with Crippen molar-refractivity contribution in [3.63, 3.8) is 0 Å². The molecule has 0 spiro atoms. The van der Waals surface area contributed by atoms with Crippen molar-refractivity contribution >= 4 is 26.7 Å². The molecule has 6 nitrogen and oxygen atoms in total. The Hall–Kier alpha value is -1.63. The number of rotatable bonds is 6. The van der Waals surface area contributed by atoms with Crippen LogP contribution < -0.4 is 5.73 Å². The molecule has 0 saturated heterocycles. The maximum atomic E-state index is 11.4. The maximum Gasteiger partial charge on any atom is 0.151 e. The van der Waals surface area contributed by atoms with E-state index in [-0.39, 0.29) is 5.75 Å². The predicted molar refractivity (Wildman–Crippen MR) is 87.4 cm³/mol. The SMILES string of the molecule is Cc1cnc(N)c2nc(CC3CC3)n(CCCS(C)(=O)=O)c12. The number of fused-ring (bicyclic) bond motifs is 1. The fraction of sp³-hybridized carbons (Fsp3) is 0.600. The highest BCUT2D eigenvalue weighted by molar-refractivity contribution is 7.90. The first-order valence-corrected chi connectivity index (χ1v) is 9.69. The largest absolute Gasteiger partial charge is 0.382 e. The number of nitrogen functional groups attached to an aromatic ring is 1. The zero-order chi connectivity index (χ0) is 15.9. The van der Waals surface area contributed by atoms with Gasteiger partial charge in [-0.25, -0.2) is 18.4 Å². The first-order valence-electron chi connectivity index (χ1n) is 7.63. The minimum absolute atomic E-state index is 0.190. The fourth-order valence-corrected chi connectivity index (χ4v) is 3.48. The lowest BCUT2D eigenvalue weighted by molar-refractivity contribution is 0.587. The van der Waals surface area contributed by atoms with E-state index in [0.29, 0.717) is 24.7 Å². The molecule has 0 aliphatic heterocycles. The number of hydrogen-bond acceptors (Lipinski definition) is 5. The van der Waals surface area contributed by atoms with E-state index in [4.69, 9.17) is 10.7 Å². The molecule has 2 heterocycles. The molecule has 2 N–H and O–H groups in total. The van der Waals surface area contributed by atoms with Gasteiger partial charge in [0.25, 0.3) is 0 Å². The first kappa shape index (κ1) is 15.3. The molecule has 120 valence electrons. The third kappa shape index (κ3) is 3.24. The molecular formula is C15H22N4O2S. The number of sulfone groups is 1. The Bertz CT molecular complexity index is 807. The Balaban J connectivity index is 1.98. The molecule has 0 amide bonds. The summed E-state index contributed by atoms with van der Waals surface area (Å²) in [5.41, 5.74) is 8.74. The molecule has 2 aromatic heterocycles. The number of anilines is 1. The van der Waals surface area contributed by atoms with Gasteiger partial charge in [-0.05, 0) is 37.7 Å². The lowest BCUT2D eigenvalue weighted by atomic mass is 10.2. The van der Waals surface area contributed by atoms with Gasteiger partial charge >= 0.3 is 0 Å². The number of nitrogens with zero attached hydrogens (tertiary/aromatic N) is 3. The Morgan fingerprint density at radius 1 is 1.41 bits per heavy atom. The molecule has 3 rings (SSSR count). The van der Waals surface area contributed by atoms with Crippen LogP contribution >= 0.6 is 0 Å². The molecule has 22 heavy (non-hydrogen) atoms. The summed E-state index contributed by atoms with van der Waals surface area (Å²) < 4.78 is 24.9. The summed E-state index contributed by atoms with van der Waals surface area (Å²) >= 11 is 0. The second kappa shape index (κ2) is 5.53. The number of hydrogen-bond donors (Lipinski definition) is 1. The van der Waals surface area contributed by atoms with Gasteiger partial charge in [0, 0.05) is 25.4 Å². The lowest BCUT2D eigenvalue weighted by Crippen LogP contribution is -2.10. The zero-order valence-corrected chi connectivity index (χ0v) is 13.9. The number of pyridine rings is 1. The molecule has 7 heteroatoms. The smallest absolute Gasteiger partial charge is 0.151 e. The van der Waals surface area contributed by atoms with E-state index in [0.717, 1.165) is 28.8 Å². The molecule has 0 unspecified atom stereocenters. The summed E-state index contributed by atoms with van der Waals surface area (Å²) in [5, 5.41) is 0. The zero-order valence-electron chi connectivity index (χ0n) is 13.0. The van der Waals surface area contributed by atoms with Crippen LogP contribution in [0, 0.1) is 12.8 Å². The standard InChI is InChI=1S/C15H22N4O2S/c1-10-9-17-15(16)13-14(10)19(6-3-7-22(2,20)21)12(18-13)8-11-4-5-11/h9,11H,3-8H2,1-2H3,(H2,16,17). The van der Waals surface area contributed by atoms with Crippen LogP contribution in [0.15, 0.2) is 6.20 Å². The second-order valence-corrected chi connectivity index (χ2v) is 8.59. The number of imidazole rings is 1. The van der Waals surface area contributed by atoms with Gasteiger partial charge in [-0.2, -0.15) is 0 Å². The molecule has 0 radical (unpaired) electrons. The van der Waals surface area contributed by atoms with Crippen LogP contribution in [0.2, 0.25) is 0 Å². The normalized spacial score (nSPS) is 15.5. The fourth-order valence-electron chi connectivity index (χ4n) is 2.83. The quantitative estimate of drug-likeness (QED) is 0.874. The molecule has 1 fully saturated rings. The number of aryl methyl sites for hydroxylation is 2. The third-order valence-corrected chi connectivity index (χ3v) is 5.16. The minimum Gasteiger partial charge on any atom is -0.382 e. The summed E-state index contributed by atoms with van der Waals surface area (Å²) in [6.07, 6.45) is 7.05. The van der Waals surface area contributed by atoms with E-state index in [1.165, 1.54) is 19.1 Å². The van der Waals surface area contributed by atoms with Gasteiger partial charge in [-0.3, -0.25) is 0 Å². The molecule has 2 aromatic rings. The van der Waals surface area contributed by atoms with Gasteiger partial charge in [0.2, 0.25) is 0 Å². The molecule has 0 bridgehead atoms. The first-order chi connectivity index (χ1) is 10.3. The summed E-state index contributed by atoms with van der Waals surface area (Å²) in [7, 11) is -2.94. The lowest BCUT2D eigenvalue weighted by Gasteiger charge is -2.10. The van der Waals surface area contributed by atoms with Crippen molar-refractivity contribution < 1.29 is 8.42 Å². The van der Waals surface area contributed by atoms with Crippen LogP contribution in [0.4, 0.5) is 5.82 Å². The van der Waals surface area contributed by atoms with Gasteiger partial charge in [-0.15, -0.1) is 0 Å². The predicted octanol–water partition coefficient (Wildman–Crippen LogP) is 1.71. The number of aromatic nitrogens is 3. The summed E-state index contributed by atoms with van der Waals surface area (Å²) in [5.74, 6) is 2.35. The van der Waals surface area contributed by atoms with Crippen molar-refractivity contribution in [3.8, 4) is 0 Å². The van der Waals surface area contributed by atoms with E-state index in [9.17, 15) is 8.42 Å². The molecule has 1 saturated carbocycles. The van der Waals surface area contributed by atoms with Crippen molar-refractivity contribution in [2.75, 3.05) is 17.7 Å². The Morgan fingerprint density at radius 2 is 2.14 bits per heavy atom. The molecule has 1 aliphatic rings. The topological polar surface area (TPSA) is 90.9 Å². The maximum absolute atomic E-state index is 11.4. The van der Waals surface area contributed by atoms with Gasteiger partial charge in [0.1, 0.15) is 21.2 Å². The van der Waals surface area contributed by atoms with Gasteiger partial charge in [-0.1, -0.05) is 0 Å². The van der Waals surface area contributed by atoms with Gasteiger partial charge in [0.05, 0.1) is 11.3 Å². The van der Waals surface area contributed by atoms with Crippen molar-refractivity contribution in [1.29, 1.82) is 0 Å². The van der Waals surface area contributed by atoms with Crippen molar-refractivity contribution in [2.45, 2.75) is 39.2 Å². The van der Waals surface area contributed by atoms with Crippen LogP contribution in [-0.4, -0.2) is 35.0 Å². The highest BCUT2D eigenvalue weighted by Crippen LogP contribution is 2.34. The van der Waals surface area contributed by atoms with Crippen molar-refractivity contribution in [1.82, 2.24) is 14.5 Å². The average Bonchev–Trinajstić information content (AvgIpc) is 3.15. The monoisotopic (exact) mass is 322 g/mol. The third-order valence-electron chi connectivity index (χ3n) is 4.13. The Kier molecular flexibility index (Phi) is 3.84. The Morgan fingerprint density at radius 3 is 2.77 bits per heavy atom. The highest BCUT2D eigenvalue weighted by atomic mass is 32.2. The van der Waals surface area contributed by atoms with Crippen molar-refractivity contribution in [3.05, 3.63) is 17.6 Å². The van der Waals surface area contributed by atoms with Crippen molar-refractivity contribution in [2.24, 2.45) is 5.92 Å². The van der Waals surface area contributed by atoms with Crippen LogP contribution in [0.3, 0.4) is 0 Å². The molecule has 0 aromatic carbocycles. The summed E-state index contributed by atoms with van der Waals surface area (Å²) in [6, 6.07) is 0. The molecule has 0 atom stereocenters. The molecular weight excluding hydrogens is 300 g/mol. The van der Waals surface area contributed by atoms with E-state index in [2.05, 4.69) is 9.55 Å². The minimum atomic E-state index is -2.94. The van der Waals surface area contributed by atoms with E-state index < -0.39 is 9.84 Å². The van der Waals surface area contributed by atoms with Crippen LogP contribution in [0.1, 0.15) is 30.7 Å². The van der Waals surface area contributed by atoms with E-state index in [1.807, 2.05) is 6.92 Å². The van der Waals surface area contributed by atoms with E-state index in [1.54, 1.807) is 6.20 Å². The number of nitrogens with two attached hydrogens (primary N) is 1.